The molecule has 0 aliphatic rings. The van der Waals surface area contributed by atoms with Crippen molar-refractivity contribution in [3.05, 3.63) is 34.7 Å². The summed E-state index contributed by atoms with van der Waals surface area (Å²) in [5.41, 5.74) is 1.04. The number of aryl methyl sites for hydroxylation is 1. The van der Waals surface area contributed by atoms with Gasteiger partial charge in [-0.2, -0.15) is 0 Å². The Labute approximate surface area is 114 Å². The van der Waals surface area contributed by atoms with Gasteiger partial charge in [0.2, 0.25) is 5.91 Å². The van der Waals surface area contributed by atoms with Crippen molar-refractivity contribution in [1.29, 1.82) is 0 Å². The molecule has 2 rings (SSSR count). The zero-order chi connectivity index (χ0) is 14.9. The van der Waals surface area contributed by atoms with Crippen molar-refractivity contribution < 1.29 is 14.7 Å². The Bertz CT molecular complexity index is 729. The van der Waals surface area contributed by atoms with Gasteiger partial charge in [0.15, 0.2) is 0 Å². The molecule has 0 aliphatic carbocycles. The molecule has 0 fully saturated rings. The van der Waals surface area contributed by atoms with Gasteiger partial charge in [0.1, 0.15) is 12.6 Å². The first-order valence-electron chi connectivity index (χ1n) is 6.08. The first kappa shape index (κ1) is 13.9. The number of aromatic nitrogens is 2. The molecular weight excluding hydrogens is 262 g/mol. The number of hydrogen-bond donors (Lipinski definition) is 2. The van der Waals surface area contributed by atoms with Crippen LogP contribution < -0.4 is 11.0 Å². The zero-order valence-corrected chi connectivity index (χ0v) is 11.2. The number of amides is 1. The van der Waals surface area contributed by atoms with Crippen LogP contribution >= 0.6 is 0 Å². The molecule has 2 aromatic rings. The van der Waals surface area contributed by atoms with Gasteiger partial charge in [-0.3, -0.25) is 18.7 Å². The van der Waals surface area contributed by atoms with E-state index in [2.05, 4.69) is 5.32 Å². The fourth-order valence-electron chi connectivity index (χ4n) is 2.01. The maximum Gasteiger partial charge on any atom is 0.329 e. The largest absolute Gasteiger partial charge is 0.480 e. The lowest BCUT2D eigenvalue weighted by molar-refractivity contribution is -0.141. The van der Waals surface area contributed by atoms with E-state index >= 15 is 0 Å². The Kier molecular flexibility index (Phi) is 3.60. The van der Waals surface area contributed by atoms with Gasteiger partial charge in [-0.15, -0.1) is 0 Å². The highest BCUT2D eigenvalue weighted by Crippen LogP contribution is 2.11. The molecule has 7 nitrogen and oxygen atoms in total. The van der Waals surface area contributed by atoms with Crippen LogP contribution in [0.3, 0.4) is 0 Å². The fraction of sp³-hybridized carbons (Fsp3) is 0.308. The number of aliphatic carboxylic acids is 1. The molecule has 7 heteroatoms. The van der Waals surface area contributed by atoms with Crippen LogP contribution in [0.4, 0.5) is 0 Å². The van der Waals surface area contributed by atoms with Crippen LogP contribution in [0.15, 0.2) is 29.1 Å². The topological polar surface area (TPSA) is 93.3 Å². The van der Waals surface area contributed by atoms with E-state index in [0.29, 0.717) is 5.52 Å². The minimum absolute atomic E-state index is 0.211. The van der Waals surface area contributed by atoms with E-state index in [1.165, 1.54) is 16.1 Å². The molecule has 0 unspecified atom stereocenters. The molecule has 0 saturated heterocycles. The number of para-hydroxylation sites is 2. The number of carboxylic acids is 1. The fourth-order valence-corrected chi connectivity index (χ4v) is 2.01. The van der Waals surface area contributed by atoms with Gasteiger partial charge in [-0.1, -0.05) is 12.1 Å². The normalized spacial score (nSPS) is 12.3. The number of carboxylic acid groups (broad SMARTS) is 1. The lowest BCUT2D eigenvalue weighted by atomic mass is 10.3. The average molecular weight is 277 g/mol. The SMILES string of the molecule is C[C@H](NC(=O)Cn1c(=O)n(C)c2ccccc21)C(=O)O. The number of nitrogens with one attached hydrogen (secondary N) is 1. The number of carbonyl (C=O) groups is 2. The predicted octanol–water partition coefficient (Wildman–Crippen LogP) is -0.0707. The number of carbonyl (C=O) groups excluding carboxylic acids is 1. The molecule has 1 heterocycles. The summed E-state index contributed by atoms with van der Waals surface area (Å²) < 4.78 is 2.77. The Balaban J connectivity index is 2.31. The quantitative estimate of drug-likeness (QED) is 0.818. The van der Waals surface area contributed by atoms with Gasteiger partial charge >= 0.3 is 11.7 Å². The molecule has 0 bridgehead atoms. The molecule has 1 atom stereocenters. The molecule has 2 N–H and O–H groups in total. The molecule has 1 amide bonds. The summed E-state index contributed by atoms with van der Waals surface area (Å²) in [4.78, 5) is 34.5. The van der Waals surface area contributed by atoms with E-state index in [1.807, 2.05) is 0 Å². The van der Waals surface area contributed by atoms with Crippen molar-refractivity contribution in [2.45, 2.75) is 19.5 Å². The molecule has 1 aromatic carbocycles. The first-order chi connectivity index (χ1) is 9.41. The Morgan fingerprint density at radius 3 is 2.50 bits per heavy atom. The van der Waals surface area contributed by atoms with Crippen LogP contribution in [0.2, 0.25) is 0 Å². The van der Waals surface area contributed by atoms with Crippen LogP contribution in [0.1, 0.15) is 6.92 Å². The van der Waals surface area contributed by atoms with E-state index in [1.54, 1.807) is 31.3 Å². The monoisotopic (exact) mass is 277 g/mol. The van der Waals surface area contributed by atoms with Gasteiger partial charge < -0.3 is 10.4 Å². The van der Waals surface area contributed by atoms with E-state index in [9.17, 15) is 14.4 Å². The van der Waals surface area contributed by atoms with Crippen LogP contribution in [0, 0.1) is 0 Å². The van der Waals surface area contributed by atoms with E-state index in [0.717, 1.165) is 5.52 Å². The van der Waals surface area contributed by atoms with E-state index in [4.69, 9.17) is 5.11 Å². The molecule has 1 aromatic heterocycles. The minimum Gasteiger partial charge on any atom is -0.480 e. The number of fused-ring (bicyclic) bond motifs is 1. The second-order valence-electron chi connectivity index (χ2n) is 4.54. The predicted molar refractivity (Wildman–Crippen MR) is 72.4 cm³/mol. The van der Waals surface area contributed by atoms with Crippen molar-refractivity contribution in [1.82, 2.24) is 14.5 Å². The molecule has 20 heavy (non-hydrogen) atoms. The summed E-state index contributed by atoms with van der Waals surface area (Å²) in [7, 11) is 1.62. The lowest BCUT2D eigenvalue weighted by Crippen LogP contribution is -2.41. The van der Waals surface area contributed by atoms with Crippen molar-refractivity contribution in [2.75, 3.05) is 0 Å². The smallest absolute Gasteiger partial charge is 0.329 e. The maximum atomic E-state index is 12.1. The Morgan fingerprint density at radius 1 is 1.30 bits per heavy atom. The summed E-state index contributed by atoms with van der Waals surface area (Å²) in [5.74, 6) is -1.64. The van der Waals surface area contributed by atoms with Crippen molar-refractivity contribution in [2.24, 2.45) is 7.05 Å². The average Bonchev–Trinajstić information content (AvgIpc) is 2.64. The molecule has 0 aliphatic heterocycles. The van der Waals surface area contributed by atoms with Gasteiger partial charge in [0.25, 0.3) is 0 Å². The summed E-state index contributed by atoms with van der Waals surface area (Å²) in [6, 6.07) is 6.11. The Morgan fingerprint density at radius 2 is 1.90 bits per heavy atom. The maximum absolute atomic E-state index is 12.1. The standard InChI is InChI=1S/C13H15N3O4/c1-8(12(18)19)14-11(17)7-16-10-6-4-3-5-9(10)15(2)13(16)20/h3-6,8H,7H2,1-2H3,(H,14,17)(H,18,19)/t8-/m0/s1. The lowest BCUT2D eigenvalue weighted by Gasteiger charge is -2.09. The molecule has 0 saturated carbocycles. The zero-order valence-electron chi connectivity index (χ0n) is 11.2. The highest BCUT2D eigenvalue weighted by molar-refractivity contribution is 5.84. The molecular formula is C13H15N3O4. The van der Waals surface area contributed by atoms with Crippen LogP contribution in [-0.2, 0) is 23.2 Å². The summed E-state index contributed by atoms with van der Waals surface area (Å²) >= 11 is 0. The third-order valence-corrected chi connectivity index (χ3v) is 3.10. The van der Waals surface area contributed by atoms with Crippen molar-refractivity contribution in [3.63, 3.8) is 0 Å². The number of benzene rings is 1. The second kappa shape index (κ2) is 5.20. The van der Waals surface area contributed by atoms with Crippen molar-refractivity contribution in [3.8, 4) is 0 Å². The van der Waals surface area contributed by atoms with Crippen LogP contribution in [0.25, 0.3) is 11.0 Å². The molecule has 0 spiro atoms. The van der Waals surface area contributed by atoms with E-state index in [-0.39, 0.29) is 12.2 Å². The van der Waals surface area contributed by atoms with Crippen LogP contribution in [0.5, 0.6) is 0 Å². The van der Waals surface area contributed by atoms with Crippen LogP contribution in [-0.4, -0.2) is 32.2 Å². The number of imidazole rings is 1. The number of rotatable bonds is 4. The first-order valence-corrected chi connectivity index (χ1v) is 6.08. The highest BCUT2D eigenvalue weighted by Gasteiger charge is 2.17. The highest BCUT2D eigenvalue weighted by atomic mass is 16.4. The van der Waals surface area contributed by atoms with E-state index < -0.39 is 17.9 Å². The third kappa shape index (κ3) is 2.42. The van der Waals surface area contributed by atoms with Crippen molar-refractivity contribution >= 4 is 22.9 Å². The summed E-state index contributed by atoms with van der Waals surface area (Å²) in [6.45, 7) is 1.16. The van der Waals surface area contributed by atoms with Gasteiger partial charge in [0.05, 0.1) is 11.0 Å². The number of nitrogens with zero attached hydrogens (tertiary/aromatic N) is 2. The second-order valence-corrected chi connectivity index (χ2v) is 4.54. The van der Waals surface area contributed by atoms with Gasteiger partial charge in [0, 0.05) is 7.05 Å². The molecule has 0 radical (unpaired) electrons. The van der Waals surface area contributed by atoms with Gasteiger partial charge in [-0.25, -0.2) is 4.79 Å². The Hall–Kier alpha value is -2.57. The van der Waals surface area contributed by atoms with Gasteiger partial charge in [-0.05, 0) is 19.1 Å². The molecule has 106 valence electrons. The third-order valence-electron chi connectivity index (χ3n) is 3.10. The number of hydrogen-bond acceptors (Lipinski definition) is 3. The summed E-state index contributed by atoms with van der Waals surface area (Å²) in [6.07, 6.45) is 0. The minimum atomic E-state index is -1.12. The summed E-state index contributed by atoms with van der Waals surface area (Å²) in [5, 5.41) is 11.1.